The van der Waals surface area contributed by atoms with Crippen LogP contribution in [0.1, 0.15) is 12.5 Å². The van der Waals surface area contributed by atoms with Crippen LogP contribution < -0.4 is 10.6 Å². The Bertz CT molecular complexity index is 1240. The normalized spacial score (nSPS) is 11.0. The molecule has 4 aromatic rings. The van der Waals surface area contributed by atoms with Gasteiger partial charge in [-0.2, -0.15) is 0 Å². The van der Waals surface area contributed by atoms with E-state index < -0.39 is 6.09 Å². The fourth-order valence-electron chi connectivity index (χ4n) is 3.08. The van der Waals surface area contributed by atoms with Crippen molar-refractivity contribution in [2.75, 3.05) is 17.2 Å². The number of aryl methyl sites for hydroxylation is 2. The fraction of sp³-hybridized carbons (Fsp3) is 0.200. The van der Waals surface area contributed by atoms with Crippen LogP contribution in [0, 0.1) is 12.7 Å². The summed E-state index contributed by atoms with van der Waals surface area (Å²) in [6.07, 6.45) is 2.73. The van der Waals surface area contributed by atoms with Crippen LogP contribution in [0.15, 0.2) is 36.8 Å². The van der Waals surface area contributed by atoms with Crippen molar-refractivity contribution in [3.63, 3.8) is 0 Å². The molecule has 0 saturated carbocycles. The molecule has 8 nitrogen and oxygen atoms in total. The minimum Gasteiger partial charge on any atom is -0.450 e. The molecule has 4 rings (SSSR count). The molecule has 0 spiro atoms. The number of imidazole rings is 1. The van der Waals surface area contributed by atoms with Crippen LogP contribution in [0.2, 0.25) is 0 Å². The van der Waals surface area contributed by atoms with E-state index >= 15 is 0 Å². The molecule has 2 N–H and O–H groups in total. The van der Waals surface area contributed by atoms with Crippen molar-refractivity contribution in [2.45, 2.75) is 13.8 Å². The Morgan fingerprint density at radius 1 is 1.24 bits per heavy atom. The predicted molar refractivity (Wildman–Crippen MR) is 109 cm³/mol. The largest absolute Gasteiger partial charge is 0.450 e. The lowest BCUT2D eigenvalue weighted by atomic mass is 10.1. The Kier molecular flexibility index (Phi) is 4.71. The van der Waals surface area contributed by atoms with Crippen molar-refractivity contribution < 1.29 is 13.9 Å². The molecule has 0 bridgehead atoms. The lowest BCUT2D eigenvalue weighted by molar-refractivity contribution is 0.168. The molecule has 0 unspecified atom stereocenters. The molecule has 0 fully saturated rings. The Balaban J connectivity index is 1.74. The van der Waals surface area contributed by atoms with Gasteiger partial charge in [-0.15, -0.1) is 0 Å². The van der Waals surface area contributed by atoms with Crippen molar-refractivity contribution in [2.24, 2.45) is 7.05 Å². The second kappa shape index (κ2) is 7.34. The summed E-state index contributed by atoms with van der Waals surface area (Å²) in [5.41, 5.74) is 3.55. The van der Waals surface area contributed by atoms with E-state index in [9.17, 15) is 9.18 Å². The number of rotatable bonds is 4. The Morgan fingerprint density at radius 2 is 2.07 bits per heavy atom. The van der Waals surface area contributed by atoms with Gasteiger partial charge in [0.25, 0.3) is 0 Å². The third-order valence-corrected chi connectivity index (χ3v) is 4.54. The van der Waals surface area contributed by atoms with Crippen molar-refractivity contribution >= 4 is 45.4 Å². The first-order valence-electron chi connectivity index (χ1n) is 9.04. The lowest BCUT2D eigenvalue weighted by Crippen LogP contribution is -2.13. The molecule has 0 saturated heterocycles. The summed E-state index contributed by atoms with van der Waals surface area (Å²) in [6, 6.07) is 6.63. The SMILES string of the molecule is CCOC(=O)Nc1cc(Nc2ncc3ccc(F)c(C)c3n2)cc2c1ncn2C. The maximum atomic E-state index is 13.9. The third-order valence-electron chi connectivity index (χ3n) is 4.54. The van der Waals surface area contributed by atoms with Gasteiger partial charge in [-0.1, -0.05) is 0 Å². The van der Waals surface area contributed by atoms with Crippen molar-refractivity contribution in [3.8, 4) is 0 Å². The summed E-state index contributed by atoms with van der Waals surface area (Å²) >= 11 is 0. The van der Waals surface area contributed by atoms with Crippen molar-refractivity contribution in [3.05, 3.63) is 48.2 Å². The van der Waals surface area contributed by atoms with Gasteiger partial charge in [0.2, 0.25) is 5.95 Å². The van der Waals surface area contributed by atoms with Crippen molar-refractivity contribution in [1.29, 1.82) is 0 Å². The maximum absolute atomic E-state index is 13.9. The first kappa shape index (κ1) is 18.6. The number of carbonyl (C=O) groups excluding carboxylic acids is 1. The zero-order valence-corrected chi connectivity index (χ0v) is 16.2. The molecule has 29 heavy (non-hydrogen) atoms. The molecule has 148 valence electrons. The van der Waals surface area contributed by atoms with Gasteiger partial charge in [0.1, 0.15) is 11.3 Å². The molecule has 2 aromatic carbocycles. The summed E-state index contributed by atoms with van der Waals surface area (Å²) in [4.78, 5) is 25.0. The monoisotopic (exact) mass is 394 g/mol. The molecule has 0 aliphatic heterocycles. The molecule has 2 aromatic heterocycles. The average molecular weight is 394 g/mol. The molecule has 9 heteroatoms. The number of nitrogens with one attached hydrogen (secondary N) is 2. The second-order valence-electron chi connectivity index (χ2n) is 6.52. The first-order valence-corrected chi connectivity index (χ1v) is 9.04. The van der Waals surface area contributed by atoms with Gasteiger partial charge in [-0.25, -0.2) is 24.1 Å². The number of benzene rings is 2. The molecule has 0 atom stereocenters. The van der Waals surface area contributed by atoms with Crippen LogP contribution >= 0.6 is 0 Å². The van der Waals surface area contributed by atoms with Gasteiger partial charge < -0.3 is 14.6 Å². The Hall–Kier alpha value is -3.75. The van der Waals surface area contributed by atoms with Crippen LogP contribution in [0.5, 0.6) is 0 Å². The first-order chi connectivity index (χ1) is 14.0. The minimum absolute atomic E-state index is 0.260. The van der Waals surface area contributed by atoms with E-state index in [1.165, 1.54) is 6.07 Å². The average Bonchev–Trinajstić information content (AvgIpc) is 3.06. The van der Waals surface area contributed by atoms with Gasteiger partial charge in [0.15, 0.2) is 0 Å². The van der Waals surface area contributed by atoms with Gasteiger partial charge in [-0.3, -0.25) is 5.32 Å². The molecule has 0 aliphatic rings. The fourth-order valence-corrected chi connectivity index (χ4v) is 3.08. The number of amides is 1. The quantitative estimate of drug-likeness (QED) is 0.537. The highest BCUT2D eigenvalue weighted by Gasteiger charge is 2.13. The highest BCUT2D eigenvalue weighted by molar-refractivity contribution is 5.99. The lowest BCUT2D eigenvalue weighted by Gasteiger charge is -2.11. The zero-order chi connectivity index (χ0) is 20.5. The van der Waals surface area contributed by atoms with E-state index in [1.54, 1.807) is 38.5 Å². The number of fused-ring (bicyclic) bond motifs is 2. The maximum Gasteiger partial charge on any atom is 0.411 e. The number of hydrogen-bond acceptors (Lipinski definition) is 6. The van der Waals surface area contributed by atoms with Gasteiger partial charge in [0, 0.05) is 29.9 Å². The van der Waals surface area contributed by atoms with E-state index in [-0.39, 0.29) is 12.4 Å². The van der Waals surface area contributed by atoms with Gasteiger partial charge >= 0.3 is 6.09 Å². The van der Waals surface area contributed by atoms with E-state index in [0.29, 0.717) is 33.9 Å². The van der Waals surface area contributed by atoms with E-state index in [0.717, 1.165) is 10.9 Å². The number of nitrogens with zero attached hydrogens (tertiary/aromatic N) is 4. The van der Waals surface area contributed by atoms with Crippen molar-refractivity contribution in [1.82, 2.24) is 19.5 Å². The summed E-state index contributed by atoms with van der Waals surface area (Å²) in [5.74, 6) is -0.00539. The number of hydrogen-bond donors (Lipinski definition) is 2. The summed E-state index contributed by atoms with van der Waals surface area (Å²) in [6.45, 7) is 3.67. The smallest absolute Gasteiger partial charge is 0.411 e. The second-order valence-corrected chi connectivity index (χ2v) is 6.52. The van der Waals surface area contributed by atoms with E-state index in [2.05, 4.69) is 25.6 Å². The van der Waals surface area contributed by atoms with Crippen LogP contribution in [0.3, 0.4) is 0 Å². The number of anilines is 3. The van der Waals surface area contributed by atoms with Gasteiger partial charge in [0.05, 0.1) is 29.7 Å². The highest BCUT2D eigenvalue weighted by Crippen LogP contribution is 2.29. The highest BCUT2D eigenvalue weighted by atomic mass is 19.1. The molecule has 0 radical (unpaired) electrons. The number of carbonyl (C=O) groups is 1. The zero-order valence-electron chi connectivity index (χ0n) is 16.2. The summed E-state index contributed by atoms with van der Waals surface area (Å²) in [7, 11) is 1.85. The number of ether oxygens (including phenoxy) is 1. The molecule has 0 aliphatic carbocycles. The van der Waals surface area contributed by atoms with E-state index in [1.807, 2.05) is 17.7 Å². The molecule has 1 amide bonds. The predicted octanol–water partition coefficient (Wildman–Crippen LogP) is 4.28. The van der Waals surface area contributed by atoms with Crippen LogP contribution in [0.25, 0.3) is 21.9 Å². The number of halogens is 1. The Morgan fingerprint density at radius 3 is 2.86 bits per heavy atom. The topological polar surface area (TPSA) is 94.0 Å². The van der Waals surface area contributed by atoms with Gasteiger partial charge in [-0.05, 0) is 38.1 Å². The molecular formula is C20H19FN6O2. The van der Waals surface area contributed by atoms with Crippen LogP contribution in [-0.4, -0.2) is 32.2 Å². The standard InChI is InChI=1S/C20H19FN6O2/c1-4-29-20(28)25-15-7-13(8-16-18(15)23-10-27(16)3)24-19-22-9-12-5-6-14(21)11(2)17(12)26-19/h5-10H,4H2,1-3H3,(H,25,28)(H,22,24,26). The minimum atomic E-state index is -0.565. The summed E-state index contributed by atoms with van der Waals surface area (Å²) < 4.78 is 20.7. The van der Waals surface area contributed by atoms with Crippen LogP contribution in [-0.2, 0) is 11.8 Å². The summed E-state index contributed by atoms with van der Waals surface area (Å²) in [5, 5.41) is 6.57. The molecular weight excluding hydrogens is 375 g/mol. The van der Waals surface area contributed by atoms with E-state index in [4.69, 9.17) is 4.74 Å². The number of aromatic nitrogens is 4. The Labute approximate surface area is 165 Å². The molecule has 2 heterocycles. The van der Waals surface area contributed by atoms with Crippen LogP contribution in [0.4, 0.5) is 26.5 Å². The third kappa shape index (κ3) is 3.54.